The Bertz CT molecular complexity index is 1760. The second kappa shape index (κ2) is 15.4. The Hall–Kier alpha value is -4.14. The number of aryl methyl sites for hydroxylation is 3. The Balaban J connectivity index is 1.83. The van der Waals surface area contributed by atoms with E-state index >= 15 is 0 Å². The van der Waals surface area contributed by atoms with Crippen molar-refractivity contribution in [2.75, 3.05) is 10.8 Å². The molecule has 2 amide bonds. The lowest BCUT2D eigenvalue weighted by atomic mass is 10.0. The number of halogens is 1. The third-order valence-electron chi connectivity index (χ3n) is 8.18. The molecule has 4 aromatic carbocycles. The van der Waals surface area contributed by atoms with Gasteiger partial charge < -0.3 is 10.2 Å². The molecule has 0 saturated carbocycles. The Kier molecular flexibility index (Phi) is 11.7. The smallest absolute Gasteiger partial charge is 0.264 e. The number of nitrogens with one attached hydrogen (secondary N) is 1. The third kappa shape index (κ3) is 8.77. The van der Waals surface area contributed by atoms with Gasteiger partial charge in [0.1, 0.15) is 12.6 Å². The molecule has 0 aliphatic heterocycles. The number of nitrogens with zero attached hydrogens (tertiary/aromatic N) is 2. The van der Waals surface area contributed by atoms with Crippen LogP contribution in [-0.2, 0) is 32.6 Å². The highest BCUT2D eigenvalue weighted by Gasteiger charge is 2.35. The molecule has 0 spiro atoms. The molecule has 242 valence electrons. The van der Waals surface area contributed by atoms with E-state index in [2.05, 4.69) is 5.32 Å². The summed E-state index contributed by atoms with van der Waals surface area (Å²) in [4.78, 5) is 30.1. The number of rotatable bonds is 13. The van der Waals surface area contributed by atoms with E-state index in [1.54, 1.807) is 54.6 Å². The van der Waals surface area contributed by atoms with E-state index in [0.29, 0.717) is 17.1 Å². The summed E-state index contributed by atoms with van der Waals surface area (Å²) >= 11 is 6.33. The maximum Gasteiger partial charge on any atom is 0.264 e. The molecule has 46 heavy (non-hydrogen) atoms. The largest absolute Gasteiger partial charge is 0.352 e. The van der Waals surface area contributed by atoms with E-state index in [4.69, 9.17) is 11.6 Å². The maximum atomic E-state index is 14.6. The number of hydrogen-bond acceptors (Lipinski definition) is 4. The number of anilines is 1. The first-order valence-corrected chi connectivity index (χ1v) is 17.3. The van der Waals surface area contributed by atoms with Gasteiger partial charge in [-0.1, -0.05) is 84.8 Å². The topological polar surface area (TPSA) is 86.8 Å². The minimum Gasteiger partial charge on any atom is -0.352 e. The van der Waals surface area contributed by atoms with Gasteiger partial charge in [0.25, 0.3) is 10.0 Å². The van der Waals surface area contributed by atoms with Crippen LogP contribution in [0.2, 0.25) is 5.02 Å². The third-order valence-corrected chi connectivity index (χ3v) is 10.2. The molecule has 0 saturated heterocycles. The van der Waals surface area contributed by atoms with Gasteiger partial charge in [-0.2, -0.15) is 0 Å². The van der Waals surface area contributed by atoms with Crippen molar-refractivity contribution in [1.29, 1.82) is 0 Å². The van der Waals surface area contributed by atoms with Crippen molar-refractivity contribution in [3.05, 3.63) is 130 Å². The molecule has 0 heterocycles. The van der Waals surface area contributed by atoms with Gasteiger partial charge in [0.05, 0.1) is 10.6 Å². The van der Waals surface area contributed by atoms with Gasteiger partial charge >= 0.3 is 0 Å². The van der Waals surface area contributed by atoms with Crippen molar-refractivity contribution >= 4 is 39.1 Å². The molecule has 0 aliphatic carbocycles. The van der Waals surface area contributed by atoms with E-state index in [-0.39, 0.29) is 29.8 Å². The number of amides is 2. The van der Waals surface area contributed by atoms with E-state index in [1.807, 2.05) is 77.1 Å². The summed E-state index contributed by atoms with van der Waals surface area (Å²) in [5, 5.41) is 3.54. The van der Waals surface area contributed by atoms with Gasteiger partial charge in [-0.3, -0.25) is 13.9 Å². The van der Waals surface area contributed by atoms with Crippen molar-refractivity contribution in [3.8, 4) is 0 Å². The summed E-state index contributed by atoms with van der Waals surface area (Å²) in [5.41, 5.74) is 4.75. The average molecular weight is 660 g/mol. The van der Waals surface area contributed by atoms with E-state index in [0.717, 1.165) is 32.1 Å². The number of carbonyl (C=O) groups is 2. The number of benzene rings is 4. The molecule has 0 radical (unpaired) electrons. The predicted molar refractivity (Wildman–Crippen MR) is 185 cm³/mol. The first kappa shape index (κ1) is 34.7. The molecule has 0 unspecified atom stereocenters. The van der Waals surface area contributed by atoms with Gasteiger partial charge in [-0.15, -0.1) is 0 Å². The molecular weight excluding hydrogens is 618 g/mol. The highest BCUT2D eigenvalue weighted by Crippen LogP contribution is 2.27. The van der Waals surface area contributed by atoms with Crippen LogP contribution in [0.5, 0.6) is 0 Å². The van der Waals surface area contributed by atoms with Crippen molar-refractivity contribution in [2.45, 2.75) is 71.0 Å². The molecule has 9 heteroatoms. The van der Waals surface area contributed by atoms with Crippen LogP contribution >= 0.6 is 11.6 Å². The Morgan fingerprint density at radius 3 is 2.13 bits per heavy atom. The summed E-state index contributed by atoms with van der Waals surface area (Å²) in [7, 11) is -4.17. The summed E-state index contributed by atoms with van der Waals surface area (Å²) in [6.07, 6.45) is 0.950. The monoisotopic (exact) mass is 659 g/mol. The second-order valence-electron chi connectivity index (χ2n) is 11.8. The fourth-order valence-corrected chi connectivity index (χ4v) is 6.69. The van der Waals surface area contributed by atoms with Crippen LogP contribution < -0.4 is 9.62 Å². The fraction of sp³-hybridized carbons (Fsp3) is 0.297. The quantitative estimate of drug-likeness (QED) is 0.167. The molecule has 2 atom stereocenters. The number of carbonyl (C=O) groups excluding carboxylic acids is 2. The van der Waals surface area contributed by atoms with Crippen LogP contribution in [0.15, 0.2) is 102 Å². The van der Waals surface area contributed by atoms with E-state index < -0.39 is 28.5 Å². The number of sulfonamides is 1. The first-order chi connectivity index (χ1) is 21.9. The molecule has 1 N–H and O–H groups in total. The lowest BCUT2D eigenvalue weighted by Gasteiger charge is -2.34. The summed E-state index contributed by atoms with van der Waals surface area (Å²) < 4.78 is 29.6. The second-order valence-corrected chi connectivity index (χ2v) is 14.1. The predicted octanol–water partition coefficient (Wildman–Crippen LogP) is 7.02. The van der Waals surface area contributed by atoms with Crippen LogP contribution in [0.3, 0.4) is 0 Å². The van der Waals surface area contributed by atoms with Crippen LogP contribution in [0.1, 0.15) is 48.1 Å². The maximum absolute atomic E-state index is 14.6. The summed E-state index contributed by atoms with van der Waals surface area (Å²) in [6.45, 7) is 9.15. The van der Waals surface area contributed by atoms with Crippen LogP contribution in [0.25, 0.3) is 0 Å². The van der Waals surface area contributed by atoms with Crippen molar-refractivity contribution in [1.82, 2.24) is 10.2 Å². The number of hydrogen-bond donors (Lipinski definition) is 1. The summed E-state index contributed by atoms with van der Waals surface area (Å²) in [6, 6.07) is 27.4. The van der Waals surface area contributed by atoms with Gasteiger partial charge in [0, 0.05) is 24.0 Å². The minimum absolute atomic E-state index is 0.0518. The van der Waals surface area contributed by atoms with Crippen molar-refractivity contribution in [2.24, 2.45) is 0 Å². The van der Waals surface area contributed by atoms with Gasteiger partial charge in [0.2, 0.25) is 11.8 Å². The van der Waals surface area contributed by atoms with Gasteiger partial charge in [0.15, 0.2) is 0 Å². The van der Waals surface area contributed by atoms with Gasteiger partial charge in [-0.05, 0) is 92.8 Å². The first-order valence-electron chi connectivity index (χ1n) is 15.4. The lowest BCUT2D eigenvalue weighted by molar-refractivity contribution is -0.140. The highest BCUT2D eigenvalue weighted by atomic mass is 35.5. The molecule has 0 aromatic heterocycles. The molecule has 0 aliphatic rings. The van der Waals surface area contributed by atoms with Crippen molar-refractivity contribution < 1.29 is 18.0 Å². The standard InChI is InChI=1S/C37H42ClN3O4S/c1-6-29(5)39-37(43)35(23-30-11-8-7-9-12-30)40(24-31-13-10-14-32(38)22-31)36(42)25-41(33-18-17-27(3)28(4)21-33)46(44,45)34-19-15-26(2)16-20-34/h7-22,29,35H,6,23-25H2,1-5H3,(H,39,43)/t29-,35+/m0/s1. The molecule has 7 nitrogen and oxygen atoms in total. The van der Waals surface area contributed by atoms with Crippen LogP contribution in [0, 0.1) is 20.8 Å². The van der Waals surface area contributed by atoms with E-state index in [9.17, 15) is 18.0 Å². The van der Waals surface area contributed by atoms with Gasteiger partial charge in [-0.25, -0.2) is 8.42 Å². The zero-order valence-electron chi connectivity index (χ0n) is 27.0. The SMILES string of the molecule is CC[C@H](C)NC(=O)[C@@H](Cc1ccccc1)N(Cc1cccc(Cl)c1)C(=O)CN(c1ccc(C)c(C)c1)S(=O)(=O)c1ccc(C)cc1. The molecule has 4 aromatic rings. The normalized spacial score (nSPS) is 12.7. The molecule has 4 rings (SSSR count). The summed E-state index contributed by atoms with van der Waals surface area (Å²) in [5.74, 6) is -0.832. The van der Waals surface area contributed by atoms with Crippen LogP contribution in [-0.4, -0.2) is 43.8 Å². The Morgan fingerprint density at radius 1 is 0.826 bits per heavy atom. The Morgan fingerprint density at radius 2 is 1.50 bits per heavy atom. The molecule has 0 fully saturated rings. The van der Waals surface area contributed by atoms with Crippen LogP contribution in [0.4, 0.5) is 5.69 Å². The zero-order valence-corrected chi connectivity index (χ0v) is 28.6. The average Bonchev–Trinajstić information content (AvgIpc) is 3.03. The fourth-order valence-electron chi connectivity index (χ4n) is 5.07. The van der Waals surface area contributed by atoms with Crippen molar-refractivity contribution in [3.63, 3.8) is 0 Å². The van der Waals surface area contributed by atoms with E-state index in [1.165, 1.54) is 4.90 Å². The minimum atomic E-state index is -4.17. The highest BCUT2D eigenvalue weighted by molar-refractivity contribution is 7.92. The Labute approximate surface area is 278 Å². The lowest BCUT2D eigenvalue weighted by Crippen LogP contribution is -2.54. The molecular formula is C37H42ClN3O4S. The molecule has 0 bridgehead atoms. The zero-order chi connectivity index (χ0) is 33.4.